The van der Waals surface area contributed by atoms with Crippen LogP contribution in [0, 0.1) is 6.92 Å². The maximum absolute atomic E-state index is 6.06. The van der Waals surface area contributed by atoms with Gasteiger partial charge in [0.15, 0.2) is 6.61 Å². The third kappa shape index (κ3) is 3.71. The van der Waals surface area contributed by atoms with E-state index in [0.717, 1.165) is 17.9 Å². The zero-order valence-corrected chi connectivity index (χ0v) is 12.6. The summed E-state index contributed by atoms with van der Waals surface area (Å²) in [4.78, 5) is 0. The van der Waals surface area contributed by atoms with Gasteiger partial charge in [-0.15, -0.1) is 10.2 Å². The van der Waals surface area contributed by atoms with Crippen LogP contribution in [0.1, 0.15) is 37.2 Å². The lowest BCUT2D eigenvalue weighted by Crippen LogP contribution is -2.18. The molecule has 0 amide bonds. The third-order valence-corrected chi connectivity index (χ3v) is 3.10. The van der Waals surface area contributed by atoms with Crippen molar-refractivity contribution < 1.29 is 9.15 Å². The Hall–Kier alpha value is -1.59. The molecule has 0 fully saturated rings. The van der Waals surface area contributed by atoms with E-state index < -0.39 is 0 Å². The van der Waals surface area contributed by atoms with Gasteiger partial charge in [0.2, 0.25) is 5.89 Å². The van der Waals surface area contributed by atoms with Crippen LogP contribution in [0.15, 0.2) is 22.6 Å². The summed E-state index contributed by atoms with van der Waals surface area (Å²) in [6, 6.07) is 5.72. The van der Waals surface area contributed by atoms with Gasteiger partial charge in [0.05, 0.1) is 0 Å². The first-order valence-electron chi connectivity index (χ1n) is 6.54. The van der Waals surface area contributed by atoms with E-state index in [9.17, 15) is 0 Å². The van der Waals surface area contributed by atoms with E-state index in [1.54, 1.807) is 13.0 Å². The Bertz CT molecular complexity index is 571. The minimum absolute atomic E-state index is 0.151. The molecule has 0 bridgehead atoms. The molecule has 0 aliphatic carbocycles. The molecule has 0 spiro atoms. The van der Waals surface area contributed by atoms with Crippen LogP contribution >= 0.6 is 11.6 Å². The van der Waals surface area contributed by atoms with Gasteiger partial charge >= 0.3 is 0 Å². The van der Waals surface area contributed by atoms with Gasteiger partial charge in [-0.25, -0.2) is 0 Å². The number of halogens is 1. The van der Waals surface area contributed by atoms with Crippen molar-refractivity contribution in [3.05, 3.63) is 40.6 Å². The van der Waals surface area contributed by atoms with E-state index in [4.69, 9.17) is 20.8 Å². The lowest BCUT2D eigenvalue weighted by molar-refractivity contribution is 0.256. The molecule has 0 saturated carbocycles. The smallest absolute Gasteiger partial charge is 0.253 e. The number of aromatic nitrogens is 2. The Balaban J connectivity index is 2.13. The molecule has 1 aromatic heterocycles. The quantitative estimate of drug-likeness (QED) is 0.886. The van der Waals surface area contributed by atoms with Crippen molar-refractivity contribution in [1.29, 1.82) is 0 Å². The van der Waals surface area contributed by atoms with E-state index >= 15 is 0 Å². The lowest BCUT2D eigenvalue weighted by atomic mass is 10.1. The Kier molecular flexibility index (Phi) is 4.98. The summed E-state index contributed by atoms with van der Waals surface area (Å²) in [7, 11) is 0. The number of hydrogen-bond acceptors (Lipinski definition) is 5. The largest absolute Gasteiger partial charge is 0.483 e. The van der Waals surface area contributed by atoms with Crippen LogP contribution in [0.2, 0.25) is 5.02 Å². The SMILES string of the molecule is CCNC(C)c1cc(Cl)ccc1OCc1nnc(C)o1. The van der Waals surface area contributed by atoms with Crippen LogP contribution in [-0.4, -0.2) is 16.7 Å². The highest BCUT2D eigenvalue weighted by atomic mass is 35.5. The molecule has 0 aliphatic heterocycles. The van der Waals surface area contributed by atoms with Gasteiger partial charge in [0.1, 0.15) is 5.75 Å². The summed E-state index contributed by atoms with van der Waals surface area (Å²) in [5.41, 5.74) is 1.01. The highest BCUT2D eigenvalue weighted by molar-refractivity contribution is 6.30. The van der Waals surface area contributed by atoms with Crippen molar-refractivity contribution in [3.63, 3.8) is 0 Å². The van der Waals surface area contributed by atoms with Crippen LogP contribution in [0.25, 0.3) is 0 Å². The molecular weight excluding hydrogens is 278 g/mol. The molecule has 1 heterocycles. The van der Waals surface area contributed by atoms with Crippen molar-refractivity contribution >= 4 is 11.6 Å². The molecule has 5 nitrogen and oxygen atoms in total. The van der Waals surface area contributed by atoms with E-state index in [1.807, 2.05) is 12.1 Å². The standard InChI is InChI=1S/C14H18ClN3O2/c1-4-16-9(2)12-7-11(15)5-6-13(12)19-8-14-18-17-10(3)20-14/h5-7,9,16H,4,8H2,1-3H3. The van der Waals surface area contributed by atoms with Gasteiger partial charge in [0.25, 0.3) is 5.89 Å². The minimum Gasteiger partial charge on any atom is -0.483 e. The number of hydrogen-bond donors (Lipinski definition) is 1. The molecule has 2 rings (SSSR count). The maximum atomic E-state index is 6.06. The van der Waals surface area contributed by atoms with Gasteiger partial charge in [-0.1, -0.05) is 18.5 Å². The van der Waals surface area contributed by atoms with Crippen LogP contribution in [0.5, 0.6) is 5.75 Å². The first-order chi connectivity index (χ1) is 9.60. The van der Waals surface area contributed by atoms with Gasteiger partial charge < -0.3 is 14.5 Å². The fourth-order valence-corrected chi connectivity index (χ4v) is 2.12. The van der Waals surface area contributed by atoms with Crippen molar-refractivity contribution in [2.75, 3.05) is 6.54 Å². The predicted octanol–water partition coefficient (Wildman–Crippen LogP) is 3.28. The third-order valence-electron chi connectivity index (χ3n) is 2.87. The molecule has 0 aliphatic rings. The molecule has 0 saturated heterocycles. The predicted molar refractivity (Wildman–Crippen MR) is 76.9 cm³/mol. The highest BCUT2D eigenvalue weighted by Gasteiger charge is 2.13. The molecule has 1 aromatic carbocycles. The molecule has 108 valence electrons. The average molecular weight is 296 g/mol. The average Bonchev–Trinajstić information content (AvgIpc) is 2.83. The van der Waals surface area contributed by atoms with Crippen LogP contribution in [0.3, 0.4) is 0 Å². The molecular formula is C14H18ClN3O2. The van der Waals surface area contributed by atoms with Crippen LogP contribution < -0.4 is 10.1 Å². The second-order valence-electron chi connectivity index (χ2n) is 4.47. The molecule has 20 heavy (non-hydrogen) atoms. The first-order valence-corrected chi connectivity index (χ1v) is 6.92. The molecule has 1 atom stereocenters. The van der Waals surface area contributed by atoms with Crippen LogP contribution in [0.4, 0.5) is 0 Å². The Morgan fingerprint density at radius 1 is 1.40 bits per heavy atom. The molecule has 6 heteroatoms. The Morgan fingerprint density at radius 3 is 2.85 bits per heavy atom. The number of benzene rings is 1. The second kappa shape index (κ2) is 6.72. The molecule has 1 N–H and O–H groups in total. The van der Waals surface area contributed by atoms with Crippen molar-refractivity contribution in [2.24, 2.45) is 0 Å². The summed E-state index contributed by atoms with van der Waals surface area (Å²) < 4.78 is 11.1. The van der Waals surface area contributed by atoms with Crippen LogP contribution in [-0.2, 0) is 6.61 Å². The zero-order chi connectivity index (χ0) is 14.5. The summed E-state index contributed by atoms with van der Waals surface area (Å²) in [6.07, 6.45) is 0. The molecule has 1 unspecified atom stereocenters. The van der Waals surface area contributed by atoms with Gasteiger partial charge in [-0.3, -0.25) is 0 Å². The van der Waals surface area contributed by atoms with E-state index in [1.165, 1.54) is 0 Å². The number of rotatable bonds is 6. The Morgan fingerprint density at radius 2 is 2.20 bits per heavy atom. The topological polar surface area (TPSA) is 60.2 Å². The first kappa shape index (κ1) is 14.8. The zero-order valence-electron chi connectivity index (χ0n) is 11.8. The molecule has 0 radical (unpaired) electrons. The number of ether oxygens (including phenoxy) is 1. The lowest BCUT2D eigenvalue weighted by Gasteiger charge is -2.17. The van der Waals surface area contributed by atoms with Crippen molar-refractivity contribution in [3.8, 4) is 5.75 Å². The fraction of sp³-hybridized carbons (Fsp3) is 0.429. The van der Waals surface area contributed by atoms with Crippen molar-refractivity contribution in [2.45, 2.75) is 33.4 Å². The monoisotopic (exact) mass is 295 g/mol. The van der Waals surface area contributed by atoms with Crippen molar-refractivity contribution in [1.82, 2.24) is 15.5 Å². The van der Waals surface area contributed by atoms with E-state index in [-0.39, 0.29) is 12.6 Å². The second-order valence-corrected chi connectivity index (χ2v) is 4.90. The van der Waals surface area contributed by atoms with Gasteiger partial charge in [-0.2, -0.15) is 0 Å². The summed E-state index contributed by atoms with van der Waals surface area (Å²) in [5.74, 6) is 1.75. The van der Waals surface area contributed by atoms with E-state index in [0.29, 0.717) is 16.8 Å². The van der Waals surface area contributed by atoms with E-state index in [2.05, 4.69) is 29.4 Å². The number of nitrogens with one attached hydrogen (secondary N) is 1. The summed E-state index contributed by atoms with van der Waals surface area (Å²) in [6.45, 7) is 6.99. The summed E-state index contributed by atoms with van der Waals surface area (Å²) in [5, 5.41) is 11.7. The summed E-state index contributed by atoms with van der Waals surface area (Å²) >= 11 is 6.06. The minimum atomic E-state index is 0.151. The highest BCUT2D eigenvalue weighted by Crippen LogP contribution is 2.29. The Labute approximate surface area is 123 Å². The maximum Gasteiger partial charge on any atom is 0.253 e. The van der Waals surface area contributed by atoms with Gasteiger partial charge in [0, 0.05) is 23.6 Å². The van der Waals surface area contributed by atoms with Gasteiger partial charge in [-0.05, 0) is 31.7 Å². The molecule has 2 aromatic rings. The number of nitrogens with zero attached hydrogens (tertiary/aromatic N) is 2. The normalized spacial score (nSPS) is 12.4. The fourth-order valence-electron chi connectivity index (χ4n) is 1.94. The number of aryl methyl sites for hydroxylation is 1.